The molecule has 0 aliphatic carbocycles. The highest BCUT2D eigenvalue weighted by molar-refractivity contribution is 5.80. The van der Waals surface area contributed by atoms with Crippen molar-refractivity contribution in [1.29, 1.82) is 0 Å². The quantitative estimate of drug-likeness (QED) is 0.774. The standard InChI is InChI=1S/C15H20N2/c1-5-7-15(16)13(6-2)14-9-8-12(17-4)10-11(14)3/h5-10,17H,2,16H2,1,3-4H3/b7-5-,15-13-. The van der Waals surface area contributed by atoms with Crippen LogP contribution in [0.3, 0.4) is 0 Å². The van der Waals surface area contributed by atoms with E-state index < -0.39 is 0 Å². The van der Waals surface area contributed by atoms with Crippen molar-refractivity contribution in [2.45, 2.75) is 13.8 Å². The minimum atomic E-state index is 0.739. The van der Waals surface area contributed by atoms with Gasteiger partial charge in [0.1, 0.15) is 0 Å². The minimum absolute atomic E-state index is 0.739. The van der Waals surface area contributed by atoms with Crippen LogP contribution in [-0.2, 0) is 0 Å². The summed E-state index contributed by atoms with van der Waals surface area (Å²) in [4.78, 5) is 0. The van der Waals surface area contributed by atoms with E-state index in [-0.39, 0.29) is 0 Å². The van der Waals surface area contributed by atoms with E-state index in [1.165, 1.54) is 5.56 Å². The van der Waals surface area contributed by atoms with Crippen molar-refractivity contribution in [1.82, 2.24) is 0 Å². The van der Waals surface area contributed by atoms with E-state index >= 15 is 0 Å². The predicted molar refractivity (Wildman–Crippen MR) is 76.8 cm³/mol. The Morgan fingerprint density at radius 2 is 2.12 bits per heavy atom. The van der Waals surface area contributed by atoms with Crippen molar-refractivity contribution in [3.63, 3.8) is 0 Å². The Balaban J connectivity index is 3.31. The highest BCUT2D eigenvalue weighted by Gasteiger charge is 2.05. The van der Waals surface area contributed by atoms with Crippen LogP contribution in [0.15, 0.2) is 48.7 Å². The summed E-state index contributed by atoms with van der Waals surface area (Å²) in [5.41, 5.74) is 11.1. The van der Waals surface area contributed by atoms with Gasteiger partial charge in [0.15, 0.2) is 0 Å². The van der Waals surface area contributed by atoms with Crippen LogP contribution in [-0.4, -0.2) is 7.05 Å². The molecule has 1 rings (SSSR count). The maximum atomic E-state index is 6.02. The topological polar surface area (TPSA) is 38.0 Å². The molecular formula is C15H20N2. The molecule has 0 aliphatic heterocycles. The summed E-state index contributed by atoms with van der Waals surface area (Å²) in [5.74, 6) is 0. The monoisotopic (exact) mass is 228 g/mol. The molecule has 1 aromatic rings. The summed E-state index contributed by atoms with van der Waals surface area (Å²) < 4.78 is 0. The first-order chi connectivity index (χ1) is 8.13. The molecule has 0 unspecified atom stereocenters. The van der Waals surface area contributed by atoms with Crippen LogP contribution in [0.1, 0.15) is 18.1 Å². The molecule has 2 heteroatoms. The molecule has 0 spiro atoms. The normalized spacial score (nSPS) is 12.4. The third-order valence-electron chi connectivity index (χ3n) is 2.67. The molecule has 0 fully saturated rings. The SMILES string of the molecule is C=C/C(=C(N)\C=C/C)c1ccc(NC)cc1C. The number of nitrogens with two attached hydrogens (primary N) is 1. The summed E-state index contributed by atoms with van der Waals surface area (Å²) in [6.45, 7) is 7.86. The average Bonchev–Trinajstić information content (AvgIpc) is 2.32. The third kappa shape index (κ3) is 3.00. The molecule has 17 heavy (non-hydrogen) atoms. The van der Waals surface area contributed by atoms with Crippen LogP contribution >= 0.6 is 0 Å². The van der Waals surface area contributed by atoms with Gasteiger partial charge in [-0.05, 0) is 43.2 Å². The maximum absolute atomic E-state index is 6.02. The van der Waals surface area contributed by atoms with E-state index in [9.17, 15) is 0 Å². The van der Waals surface area contributed by atoms with Gasteiger partial charge in [-0.2, -0.15) is 0 Å². The summed E-state index contributed by atoms with van der Waals surface area (Å²) >= 11 is 0. The predicted octanol–water partition coefficient (Wildman–Crippen LogP) is 3.47. The number of aryl methyl sites for hydroxylation is 1. The average molecular weight is 228 g/mol. The van der Waals surface area contributed by atoms with Gasteiger partial charge >= 0.3 is 0 Å². The fourth-order valence-electron chi connectivity index (χ4n) is 1.77. The smallest absolute Gasteiger partial charge is 0.0390 e. The maximum Gasteiger partial charge on any atom is 0.0390 e. The summed E-state index contributed by atoms with van der Waals surface area (Å²) in [5, 5.41) is 3.12. The summed E-state index contributed by atoms with van der Waals surface area (Å²) in [6, 6.07) is 6.20. The number of hydrogen-bond donors (Lipinski definition) is 2. The zero-order chi connectivity index (χ0) is 12.8. The molecule has 0 atom stereocenters. The summed E-state index contributed by atoms with van der Waals surface area (Å²) in [7, 11) is 1.91. The van der Waals surface area contributed by atoms with E-state index in [0.717, 1.165) is 22.5 Å². The first kappa shape index (κ1) is 13.1. The van der Waals surface area contributed by atoms with Gasteiger partial charge in [0.2, 0.25) is 0 Å². The molecule has 1 aromatic carbocycles. The Kier molecular flexibility index (Phi) is 4.58. The Labute approximate surface area is 104 Å². The highest BCUT2D eigenvalue weighted by Crippen LogP contribution is 2.24. The number of allylic oxidation sites excluding steroid dienone is 4. The van der Waals surface area contributed by atoms with Crippen LogP contribution in [0.25, 0.3) is 5.57 Å². The molecule has 2 nitrogen and oxygen atoms in total. The number of anilines is 1. The zero-order valence-electron chi connectivity index (χ0n) is 10.7. The molecule has 0 amide bonds. The molecule has 0 aromatic heterocycles. The van der Waals surface area contributed by atoms with E-state index in [2.05, 4.69) is 31.0 Å². The molecule has 0 heterocycles. The highest BCUT2D eigenvalue weighted by atomic mass is 14.8. The van der Waals surface area contributed by atoms with Crippen molar-refractivity contribution in [3.05, 3.63) is 59.8 Å². The fraction of sp³-hybridized carbons (Fsp3) is 0.200. The zero-order valence-corrected chi connectivity index (χ0v) is 10.7. The number of hydrogen-bond acceptors (Lipinski definition) is 2. The van der Waals surface area contributed by atoms with Crippen LogP contribution in [0.4, 0.5) is 5.69 Å². The van der Waals surface area contributed by atoms with Crippen LogP contribution < -0.4 is 11.1 Å². The van der Waals surface area contributed by atoms with Gasteiger partial charge in [-0.1, -0.05) is 24.8 Å². The molecule has 0 aliphatic rings. The van der Waals surface area contributed by atoms with Gasteiger partial charge in [-0.15, -0.1) is 0 Å². The molecule has 3 N–H and O–H groups in total. The van der Waals surface area contributed by atoms with Gasteiger partial charge in [0, 0.05) is 24.0 Å². The molecule has 0 bridgehead atoms. The van der Waals surface area contributed by atoms with Crippen molar-refractivity contribution >= 4 is 11.3 Å². The second kappa shape index (κ2) is 5.94. The van der Waals surface area contributed by atoms with E-state index in [4.69, 9.17) is 5.73 Å². The van der Waals surface area contributed by atoms with Crippen molar-refractivity contribution in [3.8, 4) is 0 Å². The Morgan fingerprint density at radius 3 is 2.59 bits per heavy atom. The van der Waals surface area contributed by atoms with E-state index in [1.807, 2.05) is 32.2 Å². The second-order valence-electron chi connectivity index (χ2n) is 3.85. The summed E-state index contributed by atoms with van der Waals surface area (Å²) in [6.07, 6.45) is 5.62. The Bertz CT molecular complexity index is 468. The van der Waals surface area contributed by atoms with E-state index in [0.29, 0.717) is 0 Å². The molecular weight excluding hydrogens is 208 g/mol. The minimum Gasteiger partial charge on any atom is -0.398 e. The molecule has 0 saturated heterocycles. The van der Waals surface area contributed by atoms with Gasteiger partial charge in [-0.3, -0.25) is 0 Å². The van der Waals surface area contributed by atoms with Gasteiger partial charge in [0.05, 0.1) is 0 Å². The van der Waals surface area contributed by atoms with Gasteiger partial charge in [0.25, 0.3) is 0 Å². The third-order valence-corrected chi connectivity index (χ3v) is 2.67. The molecule has 0 saturated carbocycles. The van der Waals surface area contributed by atoms with Crippen LogP contribution in [0, 0.1) is 6.92 Å². The van der Waals surface area contributed by atoms with Crippen LogP contribution in [0.5, 0.6) is 0 Å². The van der Waals surface area contributed by atoms with Crippen molar-refractivity contribution < 1.29 is 0 Å². The van der Waals surface area contributed by atoms with Crippen LogP contribution in [0.2, 0.25) is 0 Å². The van der Waals surface area contributed by atoms with Crippen molar-refractivity contribution in [2.24, 2.45) is 5.73 Å². The lowest BCUT2D eigenvalue weighted by atomic mass is 9.98. The van der Waals surface area contributed by atoms with Gasteiger partial charge < -0.3 is 11.1 Å². The first-order valence-corrected chi connectivity index (χ1v) is 5.67. The number of rotatable bonds is 4. The molecule has 90 valence electrons. The number of benzene rings is 1. The second-order valence-corrected chi connectivity index (χ2v) is 3.85. The van der Waals surface area contributed by atoms with E-state index in [1.54, 1.807) is 6.08 Å². The Hall–Kier alpha value is -1.96. The fourth-order valence-corrected chi connectivity index (χ4v) is 1.77. The number of nitrogens with one attached hydrogen (secondary N) is 1. The lowest BCUT2D eigenvalue weighted by Crippen LogP contribution is -2.00. The lowest BCUT2D eigenvalue weighted by Gasteiger charge is -2.11. The molecule has 0 radical (unpaired) electrons. The van der Waals surface area contributed by atoms with Gasteiger partial charge in [-0.25, -0.2) is 0 Å². The first-order valence-electron chi connectivity index (χ1n) is 5.67. The largest absolute Gasteiger partial charge is 0.398 e. The van der Waals surface area contributed by atoms with Crippen molar-refractivity contribution in [2.75, 3.05) is 12.4 Å². The lowest BCUT2D eigenvalue weighted by molar-refractivity contribution is 1.36. The Morgan fingerprint density at radius 1 is 1.41 bits per heavy atom.